The summed E-state index contributed by atoms with van der Waals surface area (Å²) in [5, 5.41) is 26.1. The third-order valence-corrected chi connectivity index (χ3v) is 7.16. The number of aliphatic hydroxyl groups is 2. The summed E-state index contributed by atoms with van der Waals surface area (Å²) in [7, 11) is 0. The second-order valence-electron chi connectivity index (χ2n) is 9.49. The number of β-amino-alcohol motifs (C(OH)–C–C–N with tert-alkyl or cyclic N) is 1. The highest BCUT2D eigenvalue weighted by Crippen LogP contribution is 2.39. The van der Waals surface area contributed by atoms with E-state index >= 15 is 0 Å². The third-order valence-electron chi connectivity index (χ3n) is 6.92. The number of hydrogen-bond acceptors (Lipinski definition) is 4. The molecule has 34 heavy (non-hydrogen) atoms. The summed E-state index contributed by atoms with van der Waals surface area (Å²) in [6, 6.07) is 14.3. The Balaban J connectivity index is 1.36. The lowest BCUT2D eigenvalue weighted by Crippen LogP contribution is -2.50. The SMILES string of the molecule is O=C(N[C@@H]1Cc2ccccc2[C@@](O)(CC(=O)N2CCC[C@@H](O)C2)C1)c1cc2cc(Cl)ccc2[nH]1. The van der Waals surface area contributed by atoms with Gasteiger partial charge in [-0.1, -0.05) is 35.9 Å². The number of piperidine rings is 1. The number of aromatic amines is 1. The van der Waals surface area contributed by atoms with Gasteiger partial charge in [0.25, 0.3) is 5.91 Å². The van der Waals surface area contributed by atoms with Gasteiger partial charge in [-0.3, -0.25) is 9.59 Å². The Bertz CT molecular complexity index is 1240. The van der Waals surface area contributed by atoms with Gasteiger partial charge in [0.15, 0.2) is 0 Å². The fraction of sp³-hybridized carbons (Fsp3) is 0.385. The highest BCUT2D eigenvalue weighted by molar-refractivity contribution is 6.31. The molecule has 2 aromatic carbocycles. The summed E-state index contributed by atoms with van der Waals surface area (Å²) < 4.78 is 0. The molecule has 178 valence electrons. The zero-order valence-corrected chi connectivity index (χ0v) is 19.5. The Morgan fingerprint density at radius 2 is 2.03 bits per heavy atom. The number of H-pyrrole nitrogens is 1. The topological polar surface area (TPSA) is 106 Å². The van der Waals surface area contributed by atoms with Crippen molar-refractivity contribution in [1.82, 2.24) is 15.2 Å². The summed E-state index contributed by atoms with van der Waals surface area (Å²) >= 11 is 6.06. The van der Waals surface area contributed by atoms with Crippen LogP contribution in [0.3, 0.4) is 0 Å². The normalized spacial score (nSPS) is 24.6. The molecular weight excluding hydrogens is 454 g/mol. The number of carbonyl (C=O) groups excluding carboxylic acids is 2. The second kappa shape index (κ2) is 9.06. The van der Waals surface area contributed by atoms with Crippen LogP contribution in [0.4, 0.5) is 0 Å². The minimum Gasteiger partial charge on any atom is -0.391 e. The predicted molar refractivity (Wildman–Crippen MR) is 130 cm³/mol. The lowest BCUT2D eigenvalue weighted by molar-refractivity contribution is -0.140. The van der Waals surface area contributed by atoms with Crippen molar-refractivity contribution in [3.8, 4) is 0 Å². The molecule has 1 fully saturated rings. The van der Waals surface area contributed by atoms with Crippen LogP contribution in [-0.4, -0.2) is 57.1 Å². The molecule has 0 radical (unpaired) electrons. The lowest BCUT2D eigenvalue weighted by atomic mass is 9.74. The van der Waals surface area contributed by atoms with Gasteiger partial charge in [0, 0.05) is 41.5 Å². The number of benzene rings is 2. The molecule has 3 atom stereocenters. The maximum atomic E-state index is 13.1. The van der Waals surface area contributed by atoms with Crippen molar-refractivity contribution in [1.29, 1.82) is 0 Å². The number of carbonyl (C=O) groups is 2. The summed E-state index contributed by atoms with van der Waals surface area (Å²) in [5.74, 6) is -0.458. The van der Waals surface area contributed by atoms with Crippen molar-refractivity contribution in [2.45, 2.75) is 49.9 Å². The maximum Gasteiger partial charge on any atom is 0.267 e. The highest BCUT2D eigenvalue weighted by atomic mass is 35.5. The maximum absolute atomic E-state index is 13.1. The largest absolute Gasteiger partial charge is 0.391 e. The van der Waals surface area contributed by atoms with Crippen LogP contribution in [0, 0.1) is 0 Å². The first kappa shape index (κ1) is 22.9. The number of amides is 2. The Hall–Kier alpha value is -2.87. The lowest BCUT2D eigenvalue weighted by Gasteiger charge is -2.40. The number of hydrogen-bond donors (Lipinski definition) is 4. The molecule has 1 saturated heterocycles. The van der Waals surface area contributed by atoms with Crippen molar-refractivity contribution in [3.05, 3.63) is 70.4 Å². The van der Waals surface area contributed by atoms with Crippen molar-refractivity contribution in [3.63, 3.8) is 0 Å². The van der Waals surface area contributed by atoms with Crippen molar-refractivity contribution in [2.75, 3.05) is 13.1 Å². The Labute approximate surface area is 202 Å². The molecular formula is C26H28ClN3O4. The molecule has 4 N–H and O–H groups in total. The standard InChI is InChI=1S/C26H28ClN3O4/c27-18-7-8-22-17(10-18)12-23(29-22)25(33)28-19-11-16-4-1-2-6-21(16)26(34,13-19)14-24(32)30-9-3-5-20(31)15-30/h1-2,4,6-8,10,12,19-20,29,31,34H,3,5,9,11,13-15H2,(H,28,33)/t19-,20-,26+/m1/s1. The van der Waals surface area contributed by atoms with Gasteiger partial charge in [-0.15, -0.1) is 0 Å². The average Bonchev–Trinajstić information content (AvgIpc) is 3.22. The van der Waals surface area contributed by atoms with Gasteiger partial charge in [0.05, 0.1) is 12.5 Å². The van der Waals surface area contributed by atoms with Gasteiger partial charge in [-0.2, -0.15) is 0 Å². The predicted octanol–water partition coefficient (Wildman–Crippen LogP) is 3.13. The number of rotatable bonds is 4. The molecule has 0 spiro atoms. The van der Waals surface area contributed by atoms with Gasteiger partial charge in [0.2, 0.25) is 5.91 Å². The molecule has 0 saturated carbocycles. The number of likely N-dealkylation sites (tertiary alicyclic amines) is 1. The van der Waals surface area contributed by atoms with Crippen LogP contribution in [0.2, 0.25) is 5.02 Å². The van der Waals surface area contributed by atoms with Crippen molar-refractivity contribution in [2.24, 2.45) is 0 Å². The second-order valence-corrected chi connectivity index (χ2v) is 9.93. The van der Waals surface area contributed by atoms with Gasteiger partial charge in [-0.05, 0) is 54.7 Å². The summed E-state index contributed by atoms with van der Waals surface area (Å²) in [4.78, 5) is 30.8. The quantitative estimate of drug-likeness (QED) is 0.459. The molecule has 1 aliphatic carbocycles. The van der Waals surface area contributed by atoms with Gasteiger partial charge in [-0.25, -0.2) is 0 Å². The molecule has 0 bridgehead atoms. The fourth-order valence-electron chi connectivity index (χ4n) is 5.31. The van der Waals surface area contributed by atoms with Crippen molar-refractivity contribution >= 4 is 34.3 Å². The third kappa shape index (κ3) is 4.56. The molecule has 0 unspecified atom stereocenters. The van der Waals surface area contributed by atoms with Crippen LogP contribution < -0.4 is 5.32 Å². The first-order chi connectivity index (χ1) is 16.3. The Morgan fingerprint density at radius 1 is 1.21 bits per heavy atom. The monoisotopic (exact) mass is 481 g/mol. The van der Waals surface area contributed by atoms with E-state index in [1.807, 2.05) is 30.3 Å². The van der Waals surface area contributed by atoms with E-state index < -0.39 is 11.7 Å². The minimum absolute atomic E-state index is 0.0893. The average molecular weight is 482 g/mol. The number of fused-ring (bicyclic) bond motifs is 2. The molecule has 5 rings (SSSR count). The molecule has 2 heterocycles. The summed E-state index contributed by atoms with van der Waals surface area (Å²) in [6.45, 7) is 0.874. The molecule has 2 aliphatic rings. The Kier molecular flexibility index (Phi) is 6.10. The molecule has 1 aromatic heterocycles. The van der Waals surface area contributed by atoms with Crippen LogP contribution in [-0.2, 0) is 16.8 Å². The van der Waals surface area contributed by atoms with Crippen LogP contribution in [0.15, 0.2) is 48.5 Å². The summed E-state index contributed by atoms with van der Waals surface area (Å²) in [6.07, 6.45) is 1.61. The van der Waals surface area contributed by atoms with E-state index in [2.05, 4.69) is 10.3 Å². The van der Waals surface area contributed by atoms with Crippen LogP contribution in [0.25, 0.3) is 10.9 Å². The van der Waals surface area contributed by atoms with Gasteiger partial charge >= 0.3 is 0 Å². The van der Waals surface area contributed by atoms with E-state index in [0.717, 1.165) is 28.5 Å². The number of aliphatic hydroxyl groups excluding tert-OH is 1. The first-order valence-electron chi connectivity index (χ1n) is 11.7. The van der Waals surface area contributed by atoms with E-state index in [4.69, 9.17) is 11.6 Å². The molecule has 2 amide bonds. The minimum atomic E-state index is -1.40. The number of aromatic nitrogens is 1. The van der Waals surface area contributed by atoms with E-state index in [0.29, 0.717) is 36.6 Å². The van der Waals surface area contributed by atoms with E-state index in [1.54, 1.807) is 23.1 Å². The fourth-order valence-corrected chi connectivity index (χ4v) is 5.49. The van der Waals surface area contributed by atoms with Gasteiger partial charge < -0.3 is 25.4 Å². The van der Waals surface area contributed by atoms with Gasteiger partial charge in [0.1, 0.15) is 11.3 Å². The number of halogens is 1. The molecule has 1 aliphatic heterocycles. The Morgan fingerprint density at radius 3 is 2.85 bits per heavy atom. The van der Waals surface area contributed by atoms with Crippen molar-refractivity contribution < 1.29 is 19.8 Å². The summed E-state index contributed by atoms with van der Waals surface area (Å²) in [5.41, 5.74) is 1.47. The molecule has 3 aromatic rings. The van der Waals surface area contributed by atoms with E-state index in [1.165, 1.54) is 0 Å². The number of nitrogens with one attached hydrogen (secondary N) is 2. The number of nitrogens with zero attached hydrogens (tertiary/aromatic N) is 1. The van der Waals surface area contributed by atoms with E-state index in [-0.39, 0.29) is 30.7 Å². The highest BCUT2D eigenvalue weighted by Gasteiger charge is 2.42. The zero-order valence-electron chi connectivity index (χ0n) is 18.8. The molecule has 7 nitrogen and oxygen atoms in total. The molecule has 8 heteroatoms. The van der Waals surface area contributed by atoms with Crippen LogP contribution >= 0.6 is 11.6 Å². The first-order valence-corrected chi connectivity index (χ1v) is 12.0. The van der Waals surface area contributed by atoms with Crippen LogP contribution in [0.5, 0.6) is 0 Å². The zero-order chi connectivity index (χ0) is 23.9. The smallest absolute Gasteiger partial charge is 0.267 e. The van der Waals surface area contributed by atoms with E-state index in [9.17, 15) is 19.8 Å². The van der Waals surface area contributed by atoms with Crippen LogP contribution in [0.1, 0.15) is 47.3 Å².